The molecule has 0 radical (unpaired) electrons. The fourth-order valence-electron chi connectivity index (χ4n) is 1.98. The van der Waals surface area contributed by atoms with E-state index in [2.05, 4.69) is 29.1 Å². The molecule has 0 saturated heterocycles. The molecule has 2 rings (SSSR count). The van der Waals surface area contributed by atoms with E-state index in [1.54, 1.807) is 0 Å². The first-order chi connectivity index (χ1) is 8.69. The minimum atomic E-state index is 0.672. The van der Waals surface area contributed by atoms with Crippen LogP contribution in [0.1, 0.15) is 38.8 Å². The summed E-state index contributed by atoms with van der Waals surface area (Å²) in [4.78, 5) is 8.77. The van der Waals surface area contributed by atoms with Crippen LogP contribution < -0.4 is 10.1 Å². The maximum atomic E-state index is 5.55. The number of hydrogen-bond acceptors (Lipinski definition) is 4. The van der Waals surface area contributed by atoms with Gasteiger partial charge in [-0.25, -0.2) is 4.98 Å². The molecule has 1 aliphatic rings. The van der Waals surface area contributed by atoms with Crippen molar-refractivity contribution in [3.05, 3.63) is 11.8 Å². The van der Waals surface area contributed by atoms with Gasteiger partial charge in [-0.1, -0.05) is 13.8 Å². The summed E-state index contributed by atoms with van der Waals surface area (Å²) in [6.07, 6.45) is 3.75. The van der Waals surface area contributed by atoms with Gasteiger partial charge >= 0.3 is 0 Å². The fourth-order valence-corrected chi connectivity index (χ4v) is 1.98. The van der Waals surface area contributed by atoms with Crippen LogP contribution in [0, 0.1) is 18.8 Å². The van der Waals surface area contributed by atoms with Crippen LogP contribution in [-0.2, 0) is 0 Å². The Kier molecular flexibility index (Phi) is 4.39. The van der Waals surface area contributed by atoms with E-state index in [9.17, 15) is 0 Å². The monoisotopic (exact) mass is 249 g/mol. The van der Waals surface area contributed by atoms with E-state index < -0.39 is 0 Å². The van der Waals surface area contributed by atoms with Crippen LogP contribution in [0.15, 0.2) is 6.07 Å². The van der Waals surface area contributed by atoms with Crippen LogP contribution in [0.3, 0.4) is 0 Å². The average molecular weight is 249 g/mol. The maximum Gasteiger partial charge on any atom is 0.226 e. The number of aryl methyl sites for hydroxylation is 1. The van der Waals surface area contributed by atoms with Crippen molar-refractivity contribution in [3.63, 3.8) is 0 Å². The Morgan fingerprint density at radius 1 is 1.44 bits per heavy atom. The van der Waals surface area contributed by atoms with Crippen molar-refractivity contribution in [2.24, 2.45) is 11.8 Å². The van der Waals surface area contributed by atoms with Gasteiger partial charge in [-0.3, -0.25) is 0 Å². The Balaban J connectivity index is 1.91. The summed E-state index contributed by atoms with van der Waals surface area (Å²) >= 11 is 0. The van der Waals surface area contributed by atoms with Gasteiger partial charge in [0.2, 0.25) is 11.8 Å². The molecule has 1 fully saturated rings. The molecule has 1 aliphatic carbocycles. The van der Waals surface area contributed by atoms with Gasteiger partial charge in [-0.15, -0.1) is 0 Å². The minimum absolute atomic E-state index is 0.672. The molecule has 4 heteroatoms. The van der Waals surface area contributed by atoms with Crippen molar-refractivity contribution in [2.45, 2.75) is 40.0 Å². The summed E-state index contributed by atoms with van der Waals surface area (Å²) < 4.78 is 5.55. The molecule has 0 aromatic carbocycles. The molecular formula is C14H23N3O. The standard InChI is InChI=1S/C14H23N3O/c1-4-7-18-13-8-11(3)16-14(17-13)15-9-10(2)12-5-6-12/h8,10,12H,4-7,9H2,1-3H3,(H,15,16,17). The highest BCUT2D eigenvalue weighted by Crippen LogP contribution is 2.36. The maximum absolute atomic E-state index is 5.55. The molecule has 1 aromatic heterocycles. The molecule has 100 valence electrons. The third kappa shape index (κ3) is 3.86. The molecule has 1 N–H and O–H groups in total. The lowest BCUT2D eigenvalue weighted by Gasteiger charge is -2.12. The number of hydrogen-bond donors (Lipinski definition) is 1. The Labute approximate surface area is 109 Å². The zero-order valence-electron chi connectivity index (χ0n) is 11.6. The number of ether oxygens (including phenoxy) is 1. The second-order valence-corrected chi connectivity index (χ2v) is 5.22. The Bertz CT molecular complexity index is 391. The third-order valence-electron chi connectivity index (χ3n) is 3.29. The van der Waals surface area contributed by atoms with E-state index in [1.165, 1.54) is 12.8 Å². The fraction of sp³-hybridized carbons (Fsp3) is 0.714. The summed E-state index contributed by atoms with van der Waals surface area (Å²) in [5.74, 6) is 2.96. The van der Waals surface area contributed by atoms with E-state index in [0.717, 1.165) is 24.6 Å². The summed E-state index contributed by atoms with van der Waals surface area (Å²) in [6.45, 7) is 7.99. The molecule has 1 aromatic rings. The first kappa shape index (κ1) is 13.1. The lowest BCUT2D eigenvalue weighted by atomic mass is 10.1. The highest BCUT2D eigenvalue weighted by atomic mass is 16.5. The number of aromatic nitrogens is 2. The van der Waals surface area contributed by atoms with Gasteiger partial charge in [-0.05, 0) is 38.0 Å². The molecule has 0 aliphatic heterocycles. The van der Waals surface area contributed by atoms with Gasteiger partial charge in [0, 0.05) is 18.3 Å². The average Bonchev–Trinajstić information content (AvgIpc) is 3.17. The van der Waals surface area contributed by atoms with Crippen LogP contribution in [0.25, 0.3) is 0 Å². The van der Waals surface area contributed by atoms with E-state index in [0.29, 0.717) is 24.4 Å². The first-order valence-corrected chi connectivity index (χ1v) is 6.91. The van der Waals surface area contributed by atoms with Crippen LogP contribution in [0.5, 0.6) is 5.88 Å². The Morgan fingerprint density at radius 2 is 2.22 bits per heavy atom. The van der Waals surface area contributed by atoms with Crippen molar-refractivity contribution < 1.29 is 4.74 Å². The highest BCUT2D eigenvalue weighted by molar-refractivity contribution is 5.30. The van der Waals surface area contributed by atoms with Crippen molar-refractivity contribution in [1.82, 2.24) is 9.97 Å². The summed E-state index contributed by atoms with van der Waals surface area (Å²) in [5.41, 5.74) is 0.942. The second kappa shape index (κ2) is 6.03. The lowest BCUT2D eigenvalue weighted by Crippen LogP contribution is -2.15. The molecular weight excluding hydrogens is 226 g/mol. The van der Waals surface area contributed by atoms with Gasteiger partial charge in [0.1, 0.15) is 0 Å². The van der Waals surface area contributed by atoms with Crippen molar-refractivity contribution in [1.29, 1.82) is 0 Å². The highest BCUT2D eigenvalue weighted by Gasteiger charge is 2.27. The van der Waals surface area contributed by atoms with Crippen LogP contribution in [0.2, 0.25) is 0 Å². The molecule has 0 amide bonds. The van der Waals surface area contributed by atoms with E-state index in [1.807, 2.05) is 13.0 Å². The summed E-state index contributed by atoms with van der Waals surface area (Å²) in [7, 11) is 0. The van der Waals surface area contributed by atoms with Crippen LogP contribution in [0.4, 0.5) is 5.95 Å². The van der Waals surface area contributed by atoms with E-state index in [4.69, 9.17) is 4.74 Å². The molecule has 4 nitrogen and oxygen atoms in total. The smallest absolute Gasteiger partial charge is 0.226 e. The quantitative estimate of drug-likeness (QED) is 0.807. The molecule has 0 spiro atoms. The number of anilines is 1. The van der Waals surface area contributed by atoms with Crippen molar-refractivity contribution in [3.8, 4) is 5.88 Å². The third-order valence-corrected chi connectivity index (χ3v) is 3.29. The lowest BCUT2D eigenvalue weighted by molar-refractivity contribution is 0.305. The molecule has 0 bridgehead atoms. The number of nitrogens with one attached hydrogen (secondary N) is 1. The molecule has 1 heterocycles. The van der Waals surface area contributed by atoms with Crippen LogP contribution >= 0.6 is 0 Å². The van der Waals surface area contributed by atoms with Crippen molar-refractivity contribution >= 4 is 5.95 Å². The predicted molar refractivity (Wildman–Crippen MR) is 72.9 cm³/mol. The second-order valence-electron chi connectivity index (χ2n) is 5.22. The predicted octanol–water partition coefficient (Wildman–Crippen LogP) is 3.03. The van der Waals surface area contributed by atoms with Gasteiger partial charge in [0.25, 0.3) is 0 Å². The van der Waals surface area contributed by atoms with Crippen LogP contribution in [-0.4, -0.2) is 23.1 Å². The zero-order valence-corrected chi connectivity index (χ0v) is 11.6. The van der Waals surface area contributed by atoms with Crippen molar-refractivity contribution in [2.75, 3.05) is 18.5 Å². The number of rotatable bonds is 7. The molecule has 1 saturated carbocycles. The molecule has 1 unspecified atom stereocenters. The van der Waals surface area contributed by atoms with E-state index >= 15 is 0 Å². The van der Waals surface area contributed by atoms with Gasteiger partial charge in [0.05, 0.1) is 6.61 Å². The Hall–Kier alpha value is -1.32. The SMILES string of the molecule is CCCOc1cc(C)nc(NCC(C)C2CC2)n1. The first-order valence-electron chi connectivity index (χ1n) is 6.91. The summed E-state index contributed by atoms with van der Waals surface area (Å²) in [5, 5.41) is 3.32. The topological polar surface area (TPSA) is 47.0 Å². The van der Waals surface area contributed by atoms with E-state index in [-0.39, 0.29) is 0 Å². The van der Waals surface area contributed by atoms with Gasteiger partial charge in [0.15, 0.2) is 0 Å². The minimum Gasteiger partial charge on any atom is -0.478 e. The van der Waals surface area contributed by atoms with Gasteiger partial charge in [-0.2, -0.15) is 4.98 Å². The summed E-state index contributed by atoms with van der Waals surface area (Å²) in [6, 6.07) is 1.88. The van der Waals surface area contributed by atoms with Gasteiger partial charge < -0.3 is 10.1 Å². The zero-order chi connectivity index (χ0) is 13.0. The number of nitrogens with zero attached hydrogens (tertiary/aromatic N) is 2. The molecule has 1 atom stereocenters. The normalized spacial score (nSPS) is 16.4. The molecule has 18 heavy (non-hydrogen) atoms. The Morgan fingerprint density at radius 3 is 2.89 bits per heavy atom. The largest absolute Gasteiger partial charge is 0.478 e.